The number of carbonyl (C=O) groups is 1. The lowest BCUT2D eigenvalue weighted by Crippen LogP contribution is -2.21. The highest BCUT2D eigenvalue weighted by Gasteiger charge is 2.09. The molecule has 0 radical (unpaired) electrons. The number of hydrazone groups is 1. The van der Waals surface area contributed by atoms with E-state index in [1.807, 2.05) is 43.3 Å². The van der Waals surface area contributed by atoms with Crippen molar-refractivity contribution in [2.45, 2.75) is 21.4 Å². The van der Waals surface area contributed by atoms with Gasteiger partial charge in [-0.3, -0.25) is 9.78 Å². The monoisotopic (exact) mass is 449 g/mol. The number of benzene rings is 1. The molecule has 0 atom stereocenters. The summed E-state index contributed by atoms with van der Waals surface area (Å²) >= 11 is 10.3. The van der Waals surface area contributed by atoms with Gasteiger partial charge in [0.2, 0.25) is 0 Å². The molecule has 0 bridgehead atoms. The first-order chi connectivity index (χ1) is 13.6. The largest absolute Gasteiger partial charge is 0.272 e. The van der Waals surface area contributed by atoms with Crippen LogP contribution in [0.3, 0.4) is 0 Å². The van der Waals surface area contributed by atoms with Gasteiger partial charge in [-0.25, -0.2) is 5.43 Å². The van der Waals surface area contributed by atoms with Crippen LogP contribution in [-0.4, -0.2) is 32.6 Å². The zero-order valence-electron chi connectivity index (χ0n) is 14.8. The molecule has 2 aromatic heterocycles. The molecular weight excluding hydrogens is 434 g/mol. The van der Waals surface area contributed by atoms with Gasteiger partial charge >= 0.3 is 0 Å². The molecule has 0 saturated heterocycles. The molecule has 3 rings (SSSR count). The number of aromatic nitrogens is 3. The SMILES string of the molecule is CC(=NNC(=O)CSc1nnc(SCc2ccc(Cl)cc2)s1)c1ccncc1. The molecule has 10 heteroatoms. The van der Waals surface area contributed by atoms with Crippen LogP contribution in [0.15, 0.2) is 62.6 Å². The molecule has 0 aliphatic rings. The number of amides is 1. The summed E-state index contributed by atoms with van der Waals surface area (Å²) in [7, 11) is 0. The van der Waals surface area contributed by atoms with Gasteiger partial charge in [0.1, 0.15) is 0 Å². The van der Waals surface area contributed by atoms with Gasteiger partial charge in [0, 0.05) is 28.7 Å². The average molecular weight is 450 g/mol. The van der Waals surface area contributed by atoms with Gasteiger partial charge in [-0.05, 0) is 36.8 Å². The van der Waals surface area contributed by atoms with Crippen molar-refractivity contribution in [3.05, 3.63) is 64.9 Å². The van der Waals surface area contributed by atoms with Gasteiger partial charge in [-0.2, -0.15) is 5.10 Å². The lowest BCUT2D eigenvalue weighted by atomic mass is 10.2. The zero-order valence-corrected chi connectivity index (χ0v) is 18.0. The van der Waals surface area contributed by atoms with Gasteiger partial charge in [0.05, 0.1) is 11.5 Å². The smallest absolute Gasteiger partial charge is 0.250 e. The van der Waals surface area contributed by atoms with E-state index in [0.29, 0.717) is 0 Å². The summed E-state index contributed by atoms with van der Waals surface area (Å²) in [6.07, 6.45) is 3.37. The number of nitrogens with zero attached hydrogens (tertiary/aromatic N) is 4. The summed E-state index contributed by atoms with van der Waals surface area (Å²) in [6, 6.07) is 11.4. The van der Waals surface area contributed by atoms with E-state index >= 15 is 0 Å². The Morgan fingerprint density at radius 1 is 1.11 bits per heavy atom. The molecule has 0 unspecified atom stereocenters. The van der Waals surface area contributed by atoms with Crippen LogP contribution in [0, 0.1) is 0 Å². The molecule has 2 heterocycles. The van der Waals surface area contributed by atoms with Crippen molar-refractivity contribution >= 4 is 58.1 Å². The molecule has 1 aromatic carbocycles. The van der Waals surface area contributed by atoms with Crippen LogP contribution in [-0.2, 0) is 10.5 Å². The highest BCUT2D eigenvalue weighted by molar-refractivity contribution is 8.03. The number of thioether (sulfide) groups is 2. The van der Waals surface area contributed by atoms with Crippen molar-refractivity contribution in [1.29, 1.82) is 0 Å². The van der Waals surface area contributed by atoms with Crippen molar-refractivity contribution in [2.24, 2.45) is 5.10 Å². The summed E-state index contributed by atoms with van der Waals surface area (Å²) in [5, 5.41) is 13.1. The van der Waals surface area contributed by atoms with Crippen LogP contribution in [0.4, 0.5) is 0 Å². The van der Waals surface area contributed by atoms with E-state index < -0.39 is 0 Å². The first kappa shape index (κ1) is 20.8. The molecule has 144 valence electrons. The van der Waals surface area contributed by atoms with E-state index in [-0.39, 0.29) is 11.7 Å². The van der Waals surface area contributed by atoms with E-state index in [4.69, 9.17) is 11.6 Å². The number of nitrogens with one attached hydrogen (secondary N) is 1. The van der Waals surface area contributed by atoms with Crippen molar-refractivity contribution in [3.63, 3.8) is 0 Å². The predicted molar refractivity (Wildman–Crippen MR) is 116 cm³/mol. The fourth-order valence-electron chi connectivity index (χ4n) is 2.00. The zero-order chi connectivity index (χ0) is 19.8. The number of carbonyl (C=O) groups excluding carboxylic acids is 1. The van der Waals surface area contributed by atoms with Gasteiger partial charge in [0.25, 0.3) is 5.91 Å². The maximum absolute atomic E-state index is 12.0. The molecule has 6 nitrogen and oxygen atoms in total. The molecule has 0 saturated carbocycles. The second kappa shape index (κ2) is 10.6. The highest BCUT2D eigenvalue weighted by atomic mass is 35.5. The van der Waals surface area contributed by atoms with Crippen LogP contribution >= 0.6 is 46.5 Å². The summed E-state index contributed by atoms with van der Waals surface area (Å²) in [5.74, 6) is 0.827. The Balaban J connectivity index is 1.43. The fraction of sp³-hybridized carbons (Fsp3) is 0.167. The summed E-state index contributed by atoms with van der Waals surface area (Å²) < 4.78 is 1.62. The lowest BCUT2D eigenvalue weighted by Gasteiger charge is -2.01. The number of hydrogen-bond donors (Lipinski definition) is 1. The summed E-state index contributed by atoms with van der Waals surface area (Å²) in [5.41, 5.74) is 5.36. The standard InChI is InChI=1S/C18H16ClN5OS3/c1-12(14-6-8-20-9-7-14)21-22-16(25)11-27-18-24-23-17(28-18)26-10-13-2-4-15(19)5-3-13/h2-9H,10-11H2,1H3,(H,22,25). The highest BCUT2D eigenvalue weighted by Crippen LogP contribution is 2.30. The molecular formula is C18H16ClN5OS3. The maximum Gasteiger partial charge on any atom is 0.250 e. The summed E-state index contributed by atoms with van der Waals surface area (Å²) in [4.78, 5) is 15.9. The number of rotatable bonds is 8. The Morgan fingerprint density at radius 3 is 2.50 bits per heavy atom. The normalized spacial score (nSPS) is 11.4. The number of halogens is 1. The second-order valence-corrected chi connectivity index (χ2v) is 9.36. The minimum Gasteiger partial charge on any atom is -0.272 e. The lowest BCUT2D eigenvalue weighted by molar-refractivity contribution is -0.118. The molecule has 1 amide bonds. The first-order valence-corrected chi connectivity index (χ1v) is 11.3. The molecule has 0 aliphatic carbocycles. The van der Waals surface area contributed by atoms with E-state index in [1.165, 1.54) is 28.7 Å². The third kappa shape index (κ3) is 6.59. The minimum atomic E-state index is -0.191. The topological polar surface area (TPSA) is 80.1 Å². The second-order valence-electron chi connectivity index (χ2n) is 5.51. The molecule has 28 heavy (non-hydrogen) atoms. The molecule has 1 N–H and O–H groups in total. The van der Waals surface area contributed by atoms with Crippen LogP contribution < -0.4 is 5.43 Å². The van der Waals surface area contributed by atoms with E-state index in [1.54, 1.807) is 24.2 Å². The third-order valence-electron chi connectivity index (χ3n) is 3.44. The van der Waals surface area contributed by atoms with E-state index in [9.17, 15) is 4.79 Å². The van der Waals surface area contributed by atoms with Gasteiger partial charge < -0.3 is 0 Å². The van der Waals surface area contributed by atoms with Gasteiger partial charge in [-0.15, -0.1) is 10.2 Å². The minimum absolute atomic E-state index is 0.191. The average Bonchev–Trinajstić information content (AvgIpc) is 3.18. The maximum atomic E-state index is 12.0. The third-order valence-corrected chi connectivity index (χ3v) is 6.95. The van der Waals surface area contributed by atoms with E-state index in [2.05, 4.69) is 25.7 Å². The fourth-order valence-corrected chi connectivity index (χ4v) is 4.90. The number of hydrogen-bond acceptors (Lipinski definition) is 8. The quantitative estimate of drug-likeness (QED) is 0.309. The Morgan fingerprint density at radius 2 is 1.79 bits per heavy atom. The van der Waals surface area contributed by atoms with Crippen molar-refractivity contribution in [2.75, 3.05) is 5.75 Å². The van der Waals surface area contributed by atoms with Crippen molar-refractivity contribution in [1.82, 2.24) is 20.6 Å². The van der Waals surface area contributed by atoms with Crippen molar-refractivity contribution in [3.8, 4) is 0 Å². The molecule has 0 aliphatic heterocycles. The Hall–Kier alpha value is -1.94. The predicted octanol–water partition coefficient (Wildman–Crippen LogP) is 4.51. The van der Waals surface area contributed by atoms with Gasteiger partial charge in [0.15, 0.2) is 8.68 Å². The Bertz CT molecular complexity index is 947. The first-order valence-electron chi connectivity index (χ1n) is 8.17. The van der Waals surface area contributed by atoms with Crippen LogP contribution in [0.5, 0.6) is 0 Å². The molecule has 0 spiro atoms. The summed E-state index contributed by atoms with van der Waals surface area (Å²) in [6.45, 7) is 1.83. The van der Waals surface area contributed by atoms with E-state index in [0.717, 1.165) is 30.7 Å². The van der Waals surface area contributed by atoms with Crippen molar-refractivity contribution < 1.29 is 4.79 Å². The van der Waals surface area contributed by atoms with Crippen LogP contribution in [0.2, 0.25) is 5.02 Å². The Kier molecular flexibility index (Phi) is 7.84. The number of pyridine rings is 1. The van der Waals surface area contributed by atoms with Crippen LogP contribution in [0.1, 0.15) is 18.1 Å². The van der Waals surface area contributed by atoms with Crippen LogP contribution in [0.25, 0.3) is 0 Å². The van der Waals surface area contributed by atoms with Gasteiger partial charge in [-0.1, -0.05) is 58.6 Å². The Labute approximate surface area is 180 Å². The molecule has 0 fully saturated rings. The molecule has 3 aromatic rings.